The van der Waals surface area contributed by atoms with Gasteiger partial charge in [-0.3, -0.25) is 0 Å². The smallest absolute Gasteiger partial charge is 0.163 e. The Morgan fingerprint density at radius 1 is 1.17 bits per heavy atom. The lowest BCUT2D eigenvalue weighted by Crippen LogP contribution is -2.39. The van der Waals surface area contributed by atoms with Crippen LogP contribution in [0.3, 0.4) is 0 Å². The number of rotatable bonds is 1. The molecular formula is C14H18N2OS. The monoisotopic (exact) mass is 262 g/mol. The quantitative estimate of drug-likeness (QED) is 0.841. The second kappa shape index (κ2) is 5.33. The molecule has 0 bridgehead atoms. The second-order valence-corrected chi connectivity index (χ2v) is 5.84. The number of hydrogen-bond donors (Lipinski definition) is 1. The molecule has 1 N–H and O–H groups in total. The van der Waals surface area contributed by atoms with Crippen LogP contribution in [0, 0.1) is 0 Å². The molecule has 18 heavy (non-hydrogen) atoms. The zero-order valence-corrected chi connectivity index (χ0v) is 11.2. The lowest BCUT2D eigenvalue weighted by molar-refractivity contribution is -0.0736. The van der Waals surface area contributed by atoms with Gasteiger partial charge in [0.15, 0.2) is 10.9 Å². The van der Waals surface area contributed by atoms with Crippen molar-refractivity contribution in [3.63, 3.8) is 0 Å². The molecule has 1 spiro atoms. The Morgan fingerprint density at radius 3 is 2.83 bits per heavy atom. The van der Waals surface area contributed by atoms with E-state index in [4.69, 9.17) is 9.73 Å². The molecule has 0 aromatic heterocycles. The van der Waals surface area contributed by atoms with Crippen LogP contribution in [-0.4, -0.2) is 23.3 Å². The average Bonchev–Trinajstić information content (AvgIpc) is 2.41. The molecule has 2 aliphatic heterocycles. The van der Waals surface area contributed by atoms with Gasteiger partial charge in [0, 0.05) is 24.5 Å². The van der Waals surface area contributed by atoms with Crippen molar-refractivity contribution in [2.24, 2.45) is 4.99 Å². The molecule has 1 atom stereocenters. The first-order chi connectivity index (χ1) is 8.86. The molecule has 2 heterocycles. The molecule has 2 aliphatic rings. The fourth-order valence-electron chi connectivity index (χ4n) is 2.41. The van der Waals surface area contributed by atoms with Crippen molar-refractivity contribution in [3.8, 4) is 0 Å². The molecule has 96 valence electrons. The second-order valence-electron chi connectivity index (χ2n) is 4.76. The van der Waals surface area contributed by atoms with Crippen LogP contribution in [0.15, 0.2) is 35.3 Å². The first-order valence-corrected chi connectivity index (χ1v) is 7.54. The van der Waals surface area contributed by atoms with Crippen LogP contribution >= 0.6 is 11.8 Å². The highest BCUT2D eigenvalue weighted by Gasteiger charge is 2.35. The third-order valence-electron chi connectivity index (χ3n) is 3.39. The first-order valence-electron chi connectivity index (χ1n) is 6.55. The van der Waals surface area contributed by atoms with Gasteiger partial charge in [-0.05, 0) is 31.4 Å². The van der Waals surface area contributed by atoms with Gasteiger partial charge in [-0.25, -0.2) is 4.99 Å². The Bertz CT molecular complexity index is 427. The van der Waals surface area contributed by atoms with Crippen LogP contribution in [0.25, 0.3) is 0 Å². The first kappa shape index (κ1) is 12.1. The van der Waals surface area contributed by atoms with Crippen molar-refractivity contribution in [1.82, 2.24) is 0 Å². The number of benzene rings is 1. The summed E-state index contributed by atoms with van der Waals surface area (Å²) in [6.45, 7) is 0.854. The van der Waals surface area contributed by atoms with Crippen LogP contribution in [0.2, 0.25) is 0 Å². The van der Waals surface area contributed by atoms with Gasteiger partial charge in [-0.2, -0.15) is 0 Å². The van der Waals surface area contributed by atoms with Crippen molar-refractivity contribution in [2.45, 2.75) is 31.4 Å². The highest BCUT2D eigenvalue weighted by Crippen LogP contribution is 2.35. The van der Waals surface area contributed by atoms with E-state index >= 15 is 0 Å². The Kier molecular flexibility index (Phi) is 3.57. The normalized spacial score (nSPS) is 27.9. The number of amidine groups is 1. The maximum absolute atomic E-state index is 5.93. The Balaban J connectivity index is 1.75. The van der Waals surface area contributed by atoms with E-state index in [1.54, 1.807) is 11.8 Å². The Morgan fingerprint density at radius 2 is 2.06 bits per heavy atom. The fourth-order valence-corrected chi connectivity index (χ4v) is 3.45. The molecule has 1 fully saturated rings. The minimum atomic E-state index is -0.236. The third kappa shape index (κ3) is 2.70. The highest BCUT2D eigenvalue weighted by molar-refractivity contribution is 8.14. The van der Waals surface area contributed by atoms with Gasteiger partial charge >= 0.3 is 0 Å². The van der Waals surface area contributed by atoms with Crippen LogP contribution < -0.4 is 5.32 Å². The Labute approximate surface area is 112 Å². The summed E-state index contributed by atoms with van der Waals surface area (Å²) >= 11 is 1.78. The maximum atomic E-state index is 5.93. The molecule has 1 aromatic carbocycles. The van der Waals surface area contributed by atoms with Crippen molar-refractivity contribution in [1.29, 1.82) is 0 Å². The number of aliphatic imine (C=N–C) groups is 1. The molecule has 3 nitrogen and oxygen atoms in total. The fraction of sp³-hybridized carbons (Fsp3) is 0.500. The third-order valence-corrected chi connectivity index (χ3v) is 4.27. The van der Waals surface area contributed by atoms with E-state index in [2.05, 4.69) is 17.4 Å². The van der Waals surface area contributed by atoms with Gasteiger partial charge in [-0.1, -0.05) is 30.0 Å². The largest absolute Gasteiger partial charge is 0.354 e. The molecule has 0 saturated carbocycles. The number of anilines is 1. The van der Waals surface area contributed by atoms with Gasteiger partial charge in [-0.15, -0.1) is 0 Å². The lowest BCUT2D eigenvalue weighted by atomic mass is 10.0. The SMILES string of the molecule is c1ccc(NC2=N[C@@]3(CCCCO3)CCS2)cc1. The molecule has 0 amide bonds. The molecular weight excluding hydrogens is 244 g/mol. The van der Waals surface area contributed by atoms with Gasteiger partial charge in [0.2, 0.25) is 0 Å². The zero-order valence-electron chi connectivity index (χ0n) is 10.4. The van der Waals surface area contributed by atoms with Crippen LogP contribution in [0.1, 0.15) is 25.7 Å². The standard InChI is InChI=1S/C14H18N2OS/c1-2-6-12(7-3-1)15-13-16-14(9-11-18-13)8-4-5-10-17-14/h1-3,6-7H,4-5,8-11H2,(H,15,16)/t14-/m1/s1. The van der Waals surface area contributed by atoms with Crippen LogP contribution in [-0.2, 0) is 4.74 Å². The zero-order chi connectivity index (χ0) is 12.3. The van der Waals surface area contributed by atoms with Crippen molar-refractivity contribution in [3.05, 3.63) is 30.3 Å². The molecule has 3 rings (SSSR count). The molecule has 1 aromatic rings. The molecule has 0 radical (unpaired) electrons. The number of nitrogens with one attached hydrogen (secondary N) is 1. The number of para-hydroxylation sites is 1. The summed E-state index contributed by atoms with van der Waals surface area (Å²) in [6.07, 6.45) is 4.50. The van der Waals surface area contributed by atoms with E-state index < -0.39 is 0 Å². The number of nitrogens with zero attached hydrogens (tertiary/aromatic N) is 1. The van der Waals surface area contributed by atoms with E-state index in [1.807, 2.05) is 18.2 Å². The maximum Gasteiger partial charge on any atom is 0.163 e. The van der Waals surface area contributed by atoms with Gasteiger partial charge in [0.25, 0.3) is 0 Å². The molecule has 4 heteroatoms. The van der Waals surface area contributed by atoms with Crippen LogP contribution in [0.4, 0.5) is 5.69 Å². The summed E-state index contributed by atoms with van der Waals surface area (Å²) in [5.74, 6) is 1.08. The summed E-state index contributed by atoms with van der Waals surface area (Å²) < 4.78 is 5.93. The van der Waals surface area contributed by atoms with E-state index in [0.29, 0.717) is 0 Å². The van der Waals surface area contributed by atoms with E-state index in [1.165, 1.54) is 12.8 Å². The minimum Gasteiger partial charge on any atom is -0.354 e. The van der Waals surface area contributed by atoms with Gasteiger partial charge < -0.3 is 10.1 Å². The number of thioether (sulfide) groups is 1. The Hall–Kier alpha value is -1.00. The van der Waals surface area contributed by atoms with E-state index in [9.17, 15) is 0 Å². The van der Waals surface area contributed by atoms with Crippen molar-refractivity contribution in [2.75, 3.05) is 17.7 Å². The molecule has 1 saturated heterocycles. The molecule has 0 aliphatic carbocycles. The van der Waals surface area contributed by atoms with Crippen LogP contribution in [0.5, 0.6) is 0 Å². The van der Waals surface area contributed by atoms with Gasteiger partial charge in [0.1, 0.15) is 0 Å². The topological polar surface area (TPSA) is 33.6 Å². The number of hydrogen-bond acceptors (Lipinski definition) is 4. The summed E-state index contributed by atoms with van der Waals surface area (Å²) in [7, 11) is 0. The van der Waals surface area contributed by atoms with E-state index in [-0.39, 0.29) is 5.72 Å². The van der Waals surface area contributed by atoms with E-state index in [0.717, 1.165) is 36.1 Å². The molecule has 0 unspecified atom stereocenters. The van der Waals surface area contributed by atoms with Gasteiger partial charge in [0.05, 0.1) is 0 Å². The summed E-state index contributed by atoms with van der Waals surface area (Å²) in [6, 6.07) is 10.2. The average molecular weight is 262 g/mol. The van der Waals surface area contributed by atoms with Crippen molar-refractivity contribution >= 4 is 22.6 Å². The minimum absolute atomic E-state index is 0.236. The highest BCUT2D eigenvalue weighted by atomic mass is 32.2. The summed E-state index contributed by atoms with van der Waals surface area (Å²) in [5.41, 5.74) is 0.859. The summed E-state index contributed by atoms with van der Waals surface area (Å²) in [4.78, 5) is 4.81. The summed E-state index contributed by atoms with van der Waals surface area (Å²) in [5, 5.41) is 4.38. The number of ether oxygens (including phenoxy) is 1. The van der Waals surface area contributed by atoms with Crippen molar-refractivity contribution < 1.29 is 4.74 Å². The predicted molar refractivity (Wildman–Crippen MR) is 77.1 cm³/mol. The lowest BCUT2D eigenvalue weighted by Gasteiger charge is -2.36. The predicted octanol–water partition coefficient (Wildman–Crippen LogP) is 3.49.